The van der Waals surface area contributed by atoms with E-state index in [0.717, 1.165) is 6.21 Å². The van der Waals surface area contributed by atoms with Crippen LogP contribution in [0.3, 0.4) is 0 Å². The molecule has 0 aliphatic carbocycles. The largest absolute Gasteiger partial charge is 0.411 e. The number of halogens is 4. The van der Waals surface area contributed by atoms with E-state index in [0.29, 0.717) is 31.9 Å². The molecule has 0 bridgehead atoms. The number of benzene rings is 1. The minimum Gasteiger partial charge on any atom is -0.411 e. The van der Waals surface area contributed by atoms with Gasteiger partial charge in [-0.15, -0.1) is 0 Å². The summed E-state index contributed by atoms with van der Waals surface area (Å²) >= 11 is 23.9. The number of aromatic nitrogens is 2. The van der Waals surface area contributed by atoms with Crippen LogP contribution in [0.2, 0.25) is 20.2 Å². The third-order valence-electron chi connectivity index (χ3n) is 2.19. The Morgan fingerprint density at radius 1 is 1.17 bits per heavy atom. The van der Waals surface area contributed by atoms with E-state index in [1.165, 1.54) is 12.1 Å². The molecule has 0 unspecified atom stereocenters. The highest BCUT2D eigenvalue weighted by atomic mass is 35.5. The minimum atomic E-state index is 0.213. The predicted molar refractivity (Wildman–Crippen MR) is 73.4 cm³/mol. The number of hydrogen-bond donors (Lipinski definition) is 2. The third-order valence-corrected chi connectivity index (χ3v) is 3.29. The Bertz CT molecular complexity index is 601. The fraction of sp³-hybridized carbons (Fsp3) is 0. The number of hydrogen-bond acceptors (Lipinski definition) is 3. The molecule has 0 amide bonds. The van der Waals surface area contributed by atoms with E-state index in [9.17, 15) is 0 Å². The maximum Gasteiger partial charge on any atom is 0.133 e. The molecule has 0 fully saturated rings. The smallest absolute Gasteiger partial charge is 0.133 e. The molecular weight excluding hydrogens is 320 g/mol. The van der Waals surface area contributed by atoms with Crippen LogP contribution in [0.4, 0.5) is 0 Å². The molecule has 2 aromatic rings. The van der Waals surface area contributed by atoms with Crippen LogP contribution in [-0.2, 0) is 0 Å². The molecular formula is C10H5Cl4N3O. The van der Waals surface area contributed by atoms with Gasteiger partial charge in [0.1, 0.15) is 10.8 Å². The molecule has 0 atom stereocenters. The van der Waals surface area contributed by atoms with Crippen molar-refractivity contribution in [2.24, 2.45) is 5.16 Å². The van der Waals surface area contributed by atoms with Crippen molar-refractivity contribution in [1.29, 1.82) is 0 Å². The lowest BCUT2D eigenvalue weighted by Gasteiger charge is -2.05. The maximum absolute atomic E-state index is 8.60. The van der Waals surface area contributed by atoms with Crippen LogP contribution in [-0.4, -0.2) is 21.6 Å². The normalized spacial score (nSPS) is 11.3. The first-order chi connectivity index (χ1) is 8.54. The Morgan fingerprint density at radius 3 is 2.33 bits per heavy atom. The highest BCUT2D eigenvalue weighted by Gasteiger charge is 2.18. The molecule has 0 radical (unpaired) electrons. The zero-order chi connectivity index (χ0) is 13.3. The van der Waals surface area contributed by atoms with Crippen LogP contribution in [0.25, 0.3) is 11.3 Å². The summed E-state index contributed by atoms with van der Waals surface area (Å²) in [5, 5.41) is 19.3. The first kappa shape index (κ1) is 13.5. The lowest BCUT2D eigenvalue weighted by atomic mass is 10.1. The van der Waals surface area contributed by atoms with E-state index in [4.69, 9.17) is 51.6 Å². The first-order valence-corrected chi connectivity index (χ1v) is 6.12. The maximum atomic E-state index is 8.60. The summed E-state index contributed by atoms with van der Waals surface area (Å²) in [6.45, 7) is 0. The van der Waals surface area contributed by atoms with Crippen molar-refractivity contribution in [2.45, 2.75) is 0 Å². The van der Waals surface area contributed by atoms with Gasteiger partial charge in [0.05, 0.1) is 21.8 Å². The number of nitrogens with one attached hydrogen (secondary N) is 1. The van der Waals surface area contributed by atoms with Gasteiger partial charge in [0.25, 0.3) is 0 Å². The molecule has 8 heteroatoms. The average molecular weight is 325 g/mol. The van der Waals surface area contributed by atoms with Gasteiger partial charge in [-0.3, -0.25) is 5.10 Å². The molecule has 18 heavy (non-hydrogen) atoms. The monoisotopic (exact) mass is 323 g/mol. The summed E-state index contributed by atoms with van der Waals surface area (Å²) in [6.07, 6.45) is 1.14. The van der Waals surface area contributed by atoms with Crippen LogP contribution in [0.5, 0.6) is 0 Å². The van der Waals surface area contributed by atoms with Crippen molar-refractivity contribution in [3.05, 3.63) is 37.9 Å². The fourth-order valence-electron chi connectivity index (χ4n) is 1.46. The van der Waals surface area contributed by atoms with Crippen LogP contribution in [0.1, 0.15) is 5.56 Å². The van der Waals surface area contributed by atoms with Gasteiger partial charge in [-0.25, -0.2) is 0 Å². The second kappa shape index (κ2) is 5.36. The van der Waals surface area contributed by atoms with Gasteiger partial charge in [0.15, 0.2) is 0 Å². The summed E-state index contributed by atoms with van der Waals surface area (Å²) in [5.74, 6) is 0. The number of oxime groups is 1. The molecule has 0 spiro atoms. The van der Waals surface area contributed by atoms with Gasteiger partial charge in [-0.1, -0.05) is 51.6 Å². The van der Waals surface area contributed by atoms with Crippen LogP contribution in [0, 0.1) is 0 Å². The molecule has 2 N–H and O–H groups in total. The molecule has 1 heterocycles. The third kappa shape index (κ3) is 2.42. The van der Waals surface area contributed by atoms with Crippen LogP contribution < -0.4 is 0 Å². The zero-order valence-corrected chi connectivity index (χ0v) is 11.6. The van der Waals surface area contributed by atoms with Crippen molar-refractivity contribution in [3.8, 4) is 11.3 Å². The Balaban J connectivity index is 2.70. The van der Waals surface area contributed by atoms with Gasteiger partial charge in [-0.05, 0) is 12.1 Å². The summed E-state index contributed by atoms with van der Waals surface area (Å²) in [6, 6.07) is 3.07. The van der Waals surface area contributed by atoms with Crippen molar-refractivity contribution in [2.75, 3.05) is 0 Å². The van der Waals surface area contributed by atoms with Crippen molar-refractivity contribution >= 4 is 52.6 Å². The SMILES string of the molecule is ON=Cc1c(-c2c(Cl)cc(Cl)cc2Cl)n[nH]c1Cl. The Hall–Kier alpha value is -0.940. The van der Waals surface area contributed by atoms with Gasteiger partial charge in [-0.2, -0.15) is 5.10 Å². The lowest BCUT2D eigenvalue weighted by molar-refractivity contribution is 0.322. The topological polar surface area (TPSA) is 61.3 Å². The molecule has 94 valence electrons. The lowest BCUT2D eigenvalue weighted by Crippen LogP contribution is -1.88. The second-order valence-corrected chi connectivity index (χ2v) is 4.92. The molecule has 0 saturated heterocycles. The Kier molecular flexibility index (Phi) is 4.02. The Labute approximate surface area is 122 Å². The molecule has 2 rings (SSSR count). The quantitative estimate of drug-likeness (QED) is 0.485. The average Bonchev–Trinajstić information content (AvgIpc) is 2.61. The number of rotatable bonds is 2. The first-order valence-electron chi connectivity index (χ1n) is 4.60. The van der Waals surface area contributed by atoms with E-state index in [1.54, 1.807) is 0 Å². The minimum absolute atomic E-state index is 0.213. The van der Waals surface area contributed by atoms with E-state index in [-0.39, 0.29) is 5.15 Å². The van der Waals surface area contributed by atoms with E-state index in [1.807, 2.05) is 0 Å². The fourth-order valence-corrected chi connectivity index (χ4v) is 2.64. The van der Waals surface area contributed by atoms with Gasteiger partial charge >= 0.3 is 0 Å². The highest BCUT2D eigenvalue weighted by Crippen LogP contribution is 2.38. The predicted octanol–water partition coefficient (Wildman–Crippen LogP) is 4.50. The van der Waals surface area contributed by atoms with E-state index >= 15 is 0 Å². The Morgan fingerprint density at radius 2 is 1.78 bits per heavy atom. The second-order valence-electron chi connectivity index (χ2n) is 3.29. The molecule has 1 aromatic heterocycles. The molecule has 4 nitrogen and oxygen atoms in total. The number of H-pyrrole nitrogens is 1. The summed E-state index contributed by atoms with van der Waals surface area (Å²) < 4.78 is 0. The van der Waals surface area contributed by atoms with E-state index < -0.39 is 0 Å². The van der Waals surface area contributed by atoms with Crippen molar-refractivity contribution in [3.63, 3.8) is 0 Å². The summed E-state index contributed by atoms with van der Waals surface area (Å²) in [7, 11) is 0. The van der Waals surface area contributed by atoms with Gasteiger partial charge < -0.3 is 5.21 Å². The molecule has 0 saturated carbocycles. The van der Waals surface area contributed by atoms with Crippen LogP contribution >= 0.6 is 46.4 Å². The van der Waals surface area contributed by atoms with Gasteiger partial charge in [0, 0.05) is 10.6 Å². The van der Waals surface area contributed by atoms with Crippen LogP contribution in [0.15, 0.2) is 17.3 Å². The summed E-state index contributed by atoms with van der Waals surface area (Å²) in [5.41, 5.74) is 1.22. The molecule has 0 aliphatic rings. The standard InChI is InChI=1S/C10H5Cl4N3O/c11-4-1-6(12)8(7(13)2-4)9-5(3-15-18)10(14)17-16-9/h1-3,18H,(H,16,17). The summed E-state index contributed by atoms with van der Waals surface area (Å²) in [4.78, 5) is 0. The molecule has 0 aliphatic heterocycles. The highest BCUT2D eigenvalue weighted by molar-refractivity contribution is 6.42. The number of aromatic amines is 1. The van der Waals surface area contributed by atoms with Gasteiger partial charge in [0.2, 0.25) is 0 Å². The zero-order valence-electron chi connectivity index (χ0n) is 8.59. The van der Waals surface area contributed by atoms with E-state index in [2.05, 4.69) is 15.4 Å². The van der Waals surface area contributed by atoms with Crippen molar-refractivity contribution in [1.82, 2.24) is 10.2 Å². The van der Waals surface area contributed by atoms with Crippen molar-refractivity contribution < 1.29 is 5.21 Å². The molecule has 1 aromatic carbocycles. The number of nitrogens with zero attached hydrogens (tertiary/aromatic N) is 2.